The van der Waals surface area contributed by atoms with Crippen molar-refractivity contribution in [1.29, 1.82) is 0 Å². The first kappa shape index (κ1) is 11.7. The van der Waals surface area contributed by atoms with E-state index in [2.05, 4.69) is 0 Å². The first-order valence-electron chi connectivity index (χ1n) is 5.24. The zero-order valence-electron chi connectivity index (χ0n) is 9.41. The number of nitrogens with two attached hydrogens (primary N) is 1. The molecule has 0 radical (unpaired) electrons. The summed E-state index contributed by atoms with van der Waals surface area (Å²) in [5, 5.41) is 0.661. The van der Waals surface area contributed by atoms with Gasteiger partial charge in [0.2, 0.25) is 0 Å². The minimum absolute atomic E-state index is 0.0444. The van der Waals surface area contributed by atoms with E-state index in [0.717, 1.165) is 5.56 Å². The van der Waals surface area contributed by atoms with E-state index in [0.29, 0.717) is 21.8 Å². The van der Waals surface area contributed by atoms with Crippen LogP contribution < -0.4 is 5.73 Å². The molecule has 0 spiro atoms. The maximum absolute atomic E-state index is 12.2. The highest BCUT2D eigenvalue weighted by Gasteiger charge is 2.10. The molecule has 2 aromatic carbocycles. The number of carbonyl (C=O) groups is 1. The predicted octanol–water partition coefficient (Wildman–Crippen LogP) is 3.46. The number of hydrogen-bond donors (Lipinski definition) is 1. The van der Waals surface area contributed by atoms with Gasteiger partial charge >= 0.3 is 0 Å². The van der Waals surface area contributed by atoms with E-state index >= 15 is 0 Å². The molecule has 2 rings (SSSR count). The molecule has 0 heterocycles. The summed E-state index contributed by atoms with van der Waals surface area (Å²) in [7, 11) is 0. The van der Waals surface area contributed by atoms with Gasteiger partial charge in [-0.05, 0) is 42.8 Å². The van der Waals surface area contributed by atoms with Crippen molar-refractivity contribution < 1.29 is 4.79 Å². The van der Waals surface area contributed by atoms with Gasteiger partial charge in [0.1, 0.15) is 0 Å². The molecule has 2 N–H and O–H groups in total. The molecule has 0 saturated heterocycles. The molecule has 2 aromatic rings. The molecule has 0 aromatic heterocycles. The number of benzene rings is 2. The summed E-state index contributed by atoms with van der Waals surface area (Å²) in [5.41, 5.74) is 8.34. The SMILES string of the molecule is Cc1cc(C(=O)c2cccc(N)c2)ccc1Cl. The van der Waals surface area contributed by atoms with Crippen LogP contribution in [-0.4, -0.2) is 5.78 Å². The van der Waals surface area contributed by atoms with Crippen LogP contribution in [0.25, 0.3) is 0 Å². The average Bonchev–Trinajstić information content (AvgIpc) is 2.32. The summed E-state index contributed by atoms with van der Waals surface area (Å²) in [4.78, 5) is 12.2. The Labute approximate surface area is 105 Å². The van der Waals surface area contributed by atoms with Gasteiger partial charge in [0.05, 0.1) is 0 Å². The van der Waals surface area contributed by atoms with Crippen molar-refractivity contribution >= 4 is 23.1 Å². The number of hydrogen-bond acceptors (Lipinski definition) is 2. The molecule has 0 bridgehead atoms. The van der Waals surface area contributed by atoms with Crippen LogP contribution in [0.1, 0.15) is 21.5 Å². The molecule has 2 nitrogen and oxygen atoms in total. The van der Waals surface area contributed by atoms with Crippen molar-refractivity contribution in [1.82, 2.24) is 0 Å². The summed E-state index contributed by atoms with van der Waals surface area (Å²) in [6, 6.07) is 12.2. The van der Waals surface area contributed by atoms with Crippen LogP contribution in [0.3, 0.4) is 0 Å². The summed E-state index contributed by atoms with van der Waals surface area (Å²) >= 11 is 5.93. The Bertz CT molecular complexity index is 578. The van der Waals surface area contributed by atoms with Crippen LogP contribution >= 0.6 is 11.6 Å². The Kier molecular flexibility index (Phi) is 3.16. The first-order valence-corrected chi connectivity index (χ1v) is 5.62. The van der Waals surface area contributed by atoms with Crippen LogP contribution in [0.2, 0.25) is 5.02 Å². The number of halogens is 1. The maximum atomic E-state index is 12.2. The monoisotopic (exact) mass is 245 g/mol. The van der Waals surface area contributed by atoms with Gasteiger partial charge in [-0.15, -0.1) is 0 Å². The van der Waals surface area contributed by atoms with Crippen molar-refractivity contribution in [3.05, 3.63) is 64.2 Å². The molecule has 0 aliphatic heterocycles. The van der Waals surface area contributed by atoms with E-state index in [-0.39, 0.29) is 5.78 Å². The molecule has 3 heteroatoms. The van der Waals surface area contributed by atoms with E-state index in [1.807, 2.05) is 6.92 Å². The lowest BCUT2D eigenvalue weighted by Gasteiger charge is -2.04. The Morgan fingerprint density at radius 1 is 1.12 bits per heavy atom. The van der Waals surface area contributed by atoms with E-state index < -0.39 is 0 Å². The van der Waals surface area contributed by atoms with E-state index in [4.69, 9.17) is 17.3 Å². The second-order valence-electron chi connectivity index (χ2n) is 3.92. The Balaban J connectivity index is 2.40. The minimum atomic E-state index is -0.0444. The maximum Gasteiger partial charge on any atom is 0.193 e. The van der Waals surface area contributed by atoms with Crippen LogP contribution in [0.5, 0.6) is 0 Å². The molecule has 86 valence electrons. The lowest BCUT2D eigenvalue weighted by atomic mass is 10.0. The molecule has 0 atom stereocenters. The second kappa shape index (κ2) is 4.60. The zero-order chi connectivity index (χ0) is 12.4. The van der Waals surface area contributed by atoms with Gasteiger partial charge in [-0.1, -0.05) is 23.7 Å². The summed E-state index contributed by atoms with van der Waals surface area (Å²) < 4.78 is 0. The summed E-state index contributed by atoms with van der Waals surface area (Å²) in [6.45, 7) is 1.87. The molecule has 0 saturated carbocycles. The van der Waals surface area contributed by atoms with Gasteiger partial charge in [0.15, 0.2) is 5.78 Å². The normalized spacial score (nSPS) is 10.2. The quantitative estimate of drug-likeness (QED) is 0.650. The van der Waals surface area contributed by atoms with Gasteiger partial charge in [-0.2, -0.15) is 0 Å². The molecule has 17 heavy (non-hydrogen) atoms. The number of ketones is 1. The highest BCUT2D eigenvalue weighted by molar-refractivity contribution is 6.31. The average molecular weight is 246 g/mol. The number of carbonyl (C=O) groups excluding carboxylic acids is 1. The van der Waals surface area contributed by atoms with Crippen LogP contribution in [0.15, 0.2) is 42.5 Å². The first-order chi connectivity index (χ1) is 8.08. The van der Waals surface area contributed by atoms with Crippen LogP contribution in [0.4, 0.5) is 5.69 Å². The van der Waals surface area contributed by atoms with Crippen molar-refractivity contribution in [2.24, 2.45) is 0 Å². The largest absolute Gasteiger partial charge is 0.399 e. The van der Waals surface area contributed by atoms with Gasteiger partial charge in [-0.25, -0.2) is 0 Å². The topological polar surface area (TPSA) is 43.1 Å². The molecule has 0 amide bonds. The number of aryl methyl sites for hydroxylation is 1. The molecular formula is C14H12ClNO. The zero-order valence-corrected chi connectivity index (χ0v) is 10.2. The minimum Gasteiger partial charge on any atom is -0.399 e. The van der Waals surface area contributed by atoms with E-state index in [9.17, 15) is 4.79 Å². The lowest BCUT2D eigenvalue weighted by molar-refractivity contribution is 0.103. The Morgan fingerprint density at radius 2 is 1.82 bits per heavy atom. The fraction of sp³-hybridized carbons (Fsp3) is 0.0714. The third-order valence-corrected chi connectivity index (χ3v) is 2.99. The third kappa shape index (κ3) is 2.48. The summed E-state index contributed by atoms with van der Waals surface area (Å²) in [5.74, 6) is -0.0444. The number of rotatable bonds is 2. The van der Waals surface area contributed by atoms with E-state index in [1.165, 1.54) is 0 Å². The van der Waals surface area contributed by atoms with Crippen LogP contribution in [-0.2, 0) is 0 Å². The highest BCUT2D eigenvalue weighted by atomic mass is 35.5. The molecular weight excluding hydrogens is 234 g/mol. The van der Waals surface area contributed by atoms with Gasteiger partial charge in [0, 0.05) is 21.8 Å². The van der Waals surface area contributed by atoms with Gasteiger partial charge in [-0.3, -0.25) is 4.79 Å². The lowest BCUT2D eigenvalue weighted by Crippen LogP contribution is -2.02. The molecule has 0 aliphatic rings. The van der Waals surface area contributed by atoms with Crippen molar-refractivity contribution in [3.63, 3.8) is 0 Å². The van der Waals surface area contributed by atoms with Crippen LogP contribution in [0, 0.1) is 6.92 Å². The summed E-state index contributed by atoms with van der Waals surface area (Å²) in [6.07, 6.45) is 0. The Morgan fingerprint density at radius 3 is 2.47 bits per heavy atom. The fourth-order valence-corrected chi connectivity index (χ4v) is 1.75. The number of anilines is 1. The predicted molar refractivity (Wildman–Crippen MR) is 70.5 cm³/mol. The van der Waals surface area contributed by atoms with E-state index in [1.54, 1.807) is 42.5 Å². The molecule has 0 aliphatic carbocycles. The van der Waals surface area contributed by atoms with Crippen molar-refractivity contribution in [3.8, 4) is 0 Å². The molecule has 0 unspecified atom stereocenters. The highest BCUT2D eigenvalue weighted by Crippen LogP contribution is 2.19. The van der Waals surface area contributed by atoms with Gasteiger partial charge < -0.3 is 5.73 Å². The van der Waals surface area contributed by atoms with Crippen molar-refractivity contribution in [2.75, 3.05) is 5.73 Å². The fourth-order valence-electron chi connectivity index (χ4n) is 1.63. The standard InChI is InChI=1S/C14H12ClNO/c1-9-7-11(5-6-13(9)15)14(17)10-3-2-4-12(16)8-10/h2-8H,16H2,1H3. The smallest absolute Gasteiger partial charge is 0.193 e. The van der Waals surface area contributed by atoms with Crippen molar-refractivity contribution in [2.45, 2.75) is 6.92 Å². The Hall–Kier alpha value is -1.80. The number of nitrogen functional groups attached to an aromatic ring is 1. The third-order valence-electron chi connectivity index (χ3n) is 2.57. The van der Waals surface area contributed by atoms with Gasteiger partial charge in [0.25, 0.3) is 0 Å². The second-order valence-corrected chi connectivity index (χ2v) is 4.33. The molecule has 0 fully saturated rings.